The molecule has 4 aromatic rings. The Kier molecular flexibility index (Phi) is 12.3. The highest BCUT2D eigenvalue weighted by molar-refractivity contribution is 6.30. The predicted molar refractivity (Wildman–Crippen MR) is 176 cm³/mol. The SMILES string of the molecule is C1CCOC1.C=CCOCC(c1ccc(C#N)cc1)N(C)C(O)(c1ccc(Cl)cc1)c1c(F)cc(C(=O)c2cn(C)cn2)cc1C=O. The largest absolute Gasteiger partial charge is 0.381 e. The lowest BCUT2D eigenvalue weighted by atomic mass is 9.86. The van der Waals surface area contributed by atoms with Gasteiger partial charge in [0.05, 0.1) is 37.2 Å². The number of aromatic nitrogens is 2. The van der Waals surface area contributed by atoms with E-state index in [9.17, 15) is 20.0 Å². The molecule has 1 N–H and O–H groups in total. The van der Waals surface area contributed by atoms with Crippen LogP contribution in [0.1, 0.15) is 67.5 Å². The highest BCUT2D eigenvalue weighted by atomic mass is 35.5. The van der Waals surface area contributed by atoms with E-state index >= 15 is 4.39 Å². The summed E-state index contributed by atoms with van der Waals surface area (Å²) >= 11 is 6.14. The molecule has 9 nitrogen and oxygen atoms in total. The summed E-state index contributed by atoms with van der Waals surface area (Å²) in [5.74, 6) is -1.56. The molecule has 2 atom stereocenters. The Morgan fingerprint density at radius 3 is 2.45 bits per heavy atom. The van der Waals surface area contributed by atoms with Crippen LogP contribution in [0.5, 0.6) is 0 Å². The van der Waals surface area contributed by atoms with Crippen molar-refractivity contribution in [2.24, 2.45) is 7.05 Å². The van der Waals surface area contributed by atoms with E-state index in [0.29, 0.717) is 22.4 Å². The van der Waals surface area contributed by atoms with Gasteiger partial charge in [-0.25, -0.2) is 9.37 Å². The molecule has 0 bridgehead atoms. The lowest BCUT2D eigenvalue weighted by molar-refractivity contribution is -0.105. The molecule has 0 aliphatic carbocycles. The van der Waals surface area contributed by atoms with Crippen molar-refractivity contribution in [3.8, 4) is 6.07 Å². The molecule has 1 aliphatic heterocycles. The lowest BCUT2D eigenvalue weighted by Crippen LogP contribution is -2.49. The number of aryl methyl sites for hydroxylation is 1. The summed E-state index contributed by atoms with van der Waals surface area (Å²) in [5.41, 5.74) is -1.57. The summed E-state index contributed by atoms with van der Waals surface area (Å²) in [4.78, 5) is 31.0. The number of hydrogen-bond acceptors (Lipinski definition) is 8. The molecule has 1 aliphatic rings. The molecule has 0 spiro atoms. The van der Waals surface area contributed by atoms with Gasteiger partial charge < -0.3 is 19.1 Å². The van der Waals surface area contributed by atoms with Gasteiger partial charge in [0.1, 0.15) is 11.5 Å². The Morgan fingerprint density at radius 2 is 1.91 bits per heavy atom. The predicted octanol–water partition coefficient (Wildman–Crippen LogP) is 5.99. The smallest absolute Gasteiger partial charge is 0.213 e. The number of ketones is 1. The quantitative estimate of drug-likeness (QED) is 0.0648. The maximum Gasteiger partial charge on any atom is 0.213 e. The third-order valence-electron chi connectivity index (χ3n) is 7.78. The summed E-state index contributed by atoms with van der Waals surface area (Å²) in [6, 6.07) is 16.4. The highest BCUT2D eigenvalue weighted by Crippen LogP contribution is 2.41. The van der Waals surface area contributed by atoms with Crippen LogP contribution in [0.3, 0.4) is 0 Å². The molecule has 0 radical (unpaired) electrons. The van der Waals surface area contributed by atoms with Crippen molar-refractivity contribution in [1.82, 2.24) is 14.5 Å². The fourth-order valence-corrected chi connectivity index (χ4v) is 5.44. The second-order valence-corrected chi connectivity index (χ2v) is 11.4. The molecule has 244 valence electrons. The number of aliphatic hydroxyl groups is 1. The van der Waals surface area contributed by atoms with Crippen molar-refractivity contribution in [2.75, 3.05) is 33.5 Å². The number of aldehydes is 1. The first-order chi connectivity index (χ1) is 22.6. The molecular weight excluding hydrogens is 623 g/mol. The molecule has 47 heavy (non-hydrogen) atoms. The van der Waals surface area contributed by atoms with E-state index in [2.05, 4.69) is 17.6 Å². The van der Waals surface area contributed by atoms with Gasteiger partial charge >= 0.3 is 0 Å². The van der Waals surface area contributed by atoms with E-state index in [1.54, 1.807) is 49.0 Å². The summed E-state index contributed by atoms with van der Waals surface area (Å²) in [5, 5.41) is 22.3. The van der Waals surface area contributed by atoms with Crippen molar-refractivity contribution in [3.05, 3.63) is 136 Å². The Bertz CT molecular complexity index is 1720. The number of rotatable bonds is 12. The Morgan fingerprint density at radius 1 is 1.23 bits per heavy atom. The standard InChI is InChI=1S/C32H28ClFN4O4.C4H8O/c1-4-13-42-19-29(22-7-5-21(16-35)6-8-22)38(3)32(41,25-9-11-26(33)12-10-25)30-24(18-39)14-23(15-27(30)34)31(40)28-17-37(2)20-36-28;1-2-4-5-3-1/h4-12,14-15,17-18,20,29,41H,1,13,19H2,2-3H3;1-4H2. The number of benzene rings is 3. The number of nitrogens with zero attached hydrogens (tertiary/aromatic N) is 4. The Labute approximate surface area is 278 Å². The molecule has 11 heteroatoms. The van der Waals surface area contributed by atoms with Crippen LogP contribution in [-0.4, -0.2) is 65.1 Å². The monoisotopic (exact) mass is 658 g/mol. The van der Waals surface area contributed by atoms with Gasteiger partial charge in [-0.3, -0.25) is 14.5 Å². The summed E-state index contributed by atoms with van der Waals surface area (Å²) in [7, 11) is 3.26. The highest BCUT2D eigenvalue weighted by Gasteiger charge is 2.44. The van der Waals surface area contributed by atoms with Crippen molar-refractivity contribution in [1.29, 1.82) is 5.26 Å². The zero-order valence-electron chi connectivity index (χ0n) is 26.2. The van der Waals surface area contributed by atoms with Crippen molar-refractivity contribution < 1.29 is 28.6 Å². The van der Waals surface area contributed by atoms with E-state index in [1.165, 1.54) is 60.6 Å². The molecule has 3 aromatic carbocycles. The minimum atomic E-state index is -2.26. The normalized spacial score (nSPS) is 14.4. The van der Waals surface area contributed by atoms with Crippen LogP contribution >= 0.6 is 11.6 Å². The summed E-state index contributed by atoms with van der Waals surface area (Å²) in [6.45, 7) is 5.92. The molecule has 1 fully saturated rings. The first-order valence-electron chi connectivity index (χ1n) is 14.9. The summed E-state index contributed by atoms with van der Waals surface area (Å²) in [6.07, 6.45) is 7.44. The number of likely N-dealkylation sites (N-methyl/N-ethyl adjacent to an activating group) is 1. The second-order valence-electron chi connectivity index (χ2n) is 11.0. The molecule has 0 saturated carbocycles. The zero-order valence-corrected chi connectivity index (χ0v) is 27.0. The number of halogens is 2. The van der Waals surface area contributed by atoms with Gasteiger partial charge in [-0.2, -0.15) is 5.26 Å². The maximum atomic E-state index is 16.2. The van der Waals surface area contributed by atoms with Crippen molar-refractivity contribution in [3.63, 3.8) is 0 Å². The average Bonchev–Trinajstić information content (AvgIpc) is 3.82. The van der Waals surface area contributed by atoms with Gasteiger partial charge in [0, 0.05) is 53.7 Å². The second kappa shape index (κ2) is 16.4. The number of nitriles is 1. The van der Waals surface area contributed by atoms with E-state index in [-0.39, 0.29) is 41.2 Å². The van der Waals surface area contributed by atoms with Gasteiger partial charge in [-0.1, -0.05) is 41.9 Å². The van der Waals surface area contributed by atoms with Gasteiger partial charge in [0.15, 0.2) is 12.0 Å². The van der Waals surface area contributed by atoms with Gasteiger partial charge in [-0.15, -0.1) is 6.58 Å². The molecule has 1 saturated heterocycles. The van der Waals surface area contributed by atoms with E-state index in [0.717, 1.165) is 19.3 Å². The first kappa shape index (κ1) is 35.4. The first-order valence-corrected chi connectivity index (χ1v) is 15.3. The van der Waals surface area contributed by atoms with Crippen LogP contribution in [0, 0.1) is 17.1 Å². The average molecular weight is 659 g/mol. The zero-order chi connectivity index (χ0) is 34.0. The minimum Gasteiger partial charge on any atom is -0.381 e. The van der Waals surface area contributed by atoms with E-state index in [4.69, 9.17) is 21.1 Å². The van der Waals surface area contributed by atoms with Crippen molar-refractivity contribution in [2.45, 2.75) is 24.6 Å². The lowest BCUT2D eigenvalue weighted by Gasteiger charge is -2.43. The van der Waals surface area contributed by atoms with E-state index < -0.39 is 23.4 Å². The summed E-state index contributed by atoms with van der Waals surface area (Å²) < 4.78 is 28.5. The molecule has 2 heterocycles. The van der Waals surface area contributed by atoms with Gasteiger partial charge in [0.25, 0.3) is 0 Å². The maximum absolute atomic E-state index is 16.2. The minimum absolute atomic E-state index is 0.0403. The third kappa shape index (κ3) is 8.27. The van der Waals surface area contributed by atoms with Gasteiger partial charge in [-0.05, 0) is 61.9 Å². The number of carbonyl (C=O) groups is 2. The van der Waals surface area contributed by atoms with Crippen LogP contribution in [0.2, 0.25) is 5.02 Å². The van der Waals surface area contributed by atoms with Crippen LogP contribution in [-0.2, 0) is 22.2 Å². The van der Waals surface area contributed by atoms with Crippen LogP contribution in [0.25, 0.3) is 0 Å². The van der Waals surface area contributed by atoms with E-state index in [1.807, 2.05) is 0 Å². The van der Waals surface area contributed by atoms with Crippen LogP contribution < -0.4 is 0 Å². The molecule has 5 rings (SSSR count). The van der Waals surface area contributed by atoms with Crippen LogP contribution in [0.15, 0.2) is 85.8 Å². The Hall–Kier alpha value is -4.50. The Balaban J connectivity index is 0.000000912. The number of imidazole rings is 1. The van der Waals surface area contributed by atoms with Crippen molar-refractivity contribution >= 4 is 23.7 Å². The molecule has 1 aromatic heterocycles. The molecular formula is C36H36ClFN4O5. The number of ether oxygens (including phenoxy) is 2. The topological polar surface area (TPSA) is 118 Å². The molecule has 2 unspecified atom stereocenters. The van der Waals surface area contributed by atoms with Gasteiger partial charge in [0.2, 0.25) is 5.78 Å². The fourth-order valence-electron chi connectivity index (χ4n) is 5.31. The number of hydrogen-bond donors (Lipinski definition) is 1. The third-order valence-corrected chi connectivity index (χ3v) is 8.04. The van der Waals surface area contributed by atoms with Crippen LogP contribution in [0.4, 0.5) is 4.39 Å². The fraction of sp³-hybridized carbons (Fsp3) is 0.278. The molecule has 0 amide bonds. The number of carbonyl (C=O) groups excluding carboxylic acids is 2.